The van der Waals surface area contributed by atoms with Gasteiger partial charge in [-0.15, -0.1) is 0 Å². The number of β-amino-alcohol motifs (C(OH)–C–C–N with tert-alkyl or cyclic N) is 1. The number of imidazole rings is 1. The highest BCUT2D eigenvalue weighted by molar-refractivity contribution is 6.03. The van der Waals surface area contributed by atoms with E-state index in [0.29, 0.717) is 49.7 Å². The van der Waals surface area contributed by atoms with Gasteiger partial charge in [-0.25, -0.2) is 9.78 Å². The second-order valence-electron chi connectivity index (χ2n) is 15.1. The third-order valence-electron chi connectivity index (χ3n) is 10.2. The molecule has 2 aliphatic rings. The lowest BCUT2D eigenvalue weighted by atomic mass is 9.91. The fourth-order valence-electron chi connectivity index (χ4n) is 7.40. The Morgan fingerprint density at radius 1 is 1.02 bits per heavy atom. The standard InChI is InChI=1S/C41H47N7O4/c1-25-28(20-34-37-29(13-16-42-34)19-27(21-43-37)22-47-17-14-30(49)23-47)9-7-10-31(25)32-11-8-12-33(26(32)2)45-39(50)38-44-35-24-48(18-15-36(35)46(38)6)40(51)52-41(3,4)5/h7-13,16,19,21,30,49H,14-15,17-18,20,22-24H2,1-6H3,(H,45,50)/t30-/m1/s1. The molecule has 2 amide bonds. The number of aromatic nitrogens is 4. The van der Waals surface area contributed by atoms with E-state index in [2.05, 4.69) is 52.5 Å². The van der Waals surface area contributed by atoms with Gasteiger partial charge in [0.25, 0.3) is 5.91 Å². The number of benzene rings is 2. The summed E-state index contributed by atoms with van der Waals surface area (Å²) in [4.78, 5) is 44.6. The molecule has 1 fully saturated rings. The zero-order chi connectivity index (χ0) is 36.7. The van der Waals surface area contributed by atoms with Gasteiger partial charge in [-0.05, 0) is 92.6 Å². The number of hydrogen-bond acceptors (Lipinski definition) is 8. The summed E-state index contributed by atoms with van der Waals surface area (Å²) in [5.41, 5.74) is 10.1. The van der Waals surface area contributed by atoms with Crippen LogP contribution in [0.4, 0.5) is 10.5 Å². The summed E-state index contributed by atoms with van der Waals surface area (Å²) in [6, 6.07) is 16.5. The number of likely N-dealkylation sites (tertiary alicyclic amines) is 1. The summed E-state index contributed by atoms with van der Waals surface area (Å²) >= 11 is 0. The molecule has 0 spiro atoms. The molecule has 11 heteroatoms. The van der Waals surface area contributed by atoms with Crippen LogP contribution in [0.2, 0.25) is 0 Å². The van der Waals surface area contributed by atoms with Crippen LogP contribution in [0.3, 0.4) is 0 Å². The predicted octanol–water partition coefficient (Wildman–Crippen LogP) is 6.35. The molecule has 52 heavy (non-hydrogen) atoms. The van der Waals surface area contributed by atoms with Crippen molar-refractivity contribution in [3.05, 3.63) is 106 Å². The van der Waals surface area contributed by atoms with E-state index in [9.17, 15) is 14.7 Å². The van der Waals surface area contributed by atoms with Gasteiger partial charge < -0.3 is 24.6 Å². The topological polar surface area (TPSA) is 126 Å². The van der Waals surface area contributed by atoms with Crippen molar-refractivity contribution in [3.63, 3.8) is 0 Å². The van der Waals surface area contributed by atoms with Crippen LogP contribution in [0.5, 0.6) is 0 Å². The number of amides is 2. The summed E-state index contributed by atoms with van der Waals surface area (Å²) < 4.78 is 7.40. The zero-order valence-corrected chi connectivity index (χ0v) is 30.9. The number of rotatable bonds is 7. The van der Waals surface area contributed by atoms with Crippen molar-refractivity contribution in [2.45, 2.75) is 78.7 Å². The van der Waals surface area contributed by atoms with Gasteiger partial charge in [0.1, 0.15) is 5.60 Å². The van der Waals surface area contributed by atoms with Crippen molar-refractivity contribution in [2.24, 2.45) is 7.05 Å². The summed E-state index contributed by atoms with van der Waals surface area (Å²) in [5, 5.41) is 14.1. The van der Waals surface area contributed by atoms with Crippen LogP contribution in [-0.4, -0.2) is 77.8 Å². The second-order valence-corrected chi connectivity index (χ2v) is 15.1. The Bertz CT molecular complexity index is 2170. The fraction of sp³-hybridized carbons (Fsp3) is 0.390. The minimum absolute atomic E-state index is 0.244. The minimum atomic E-state index is -0.588. The molecule has 0 saturated carbocycles. The van der Waals surface area contributed by atoms with E-state index < -0.39 is 5.60 Å². The molecule has 11 nitrogen and oxygen atoms in total. The molecule has 1 saturated heterocycles. The first-order valence-corrected chi connectivity index (χ1v) is 18.0. The summed E-state index contributed by atoms with van der Waals surface area (Å²) in [6.45, 7) is 12.9. The Kier molecular flexibility index (Phi) is 9.58. The van der Waals surface area contributed by atoms with Gasteiger partial charge in [-0.1, -0.05) is 30.3 Å². The van der Waals surface area contributed by atoms with E-state index >= 15 is 0 Å². The average molecular weight is 702 g/mol. The van der Waals surface area contributed by atoms with Gasteiger partial charge in [-0.2, -0.15) is 0 Å². The zero-order valence-electron chi connectivity index (χ0n) is 30.9. The Hall–Kier alpha value is -5.13. The van der Waals surface area contributed by atoms with E-state index in [1.54, 1.807) is 4.90 Å². The maximum absolute atomic E-state index is 13.7. The van der Waals surface area contributed by atoms with Gasteiger partial charge in [-0.3, -0.25) is 19.7 Å². The number of nitrogens with zero attached hydrogens (tertiary/aromatic N) is 6. The lowest BCUT2D eigenvalue weighted by molar-refractivity contribution is 0.0220. The third-order valence-corrected chi connectivity index (χ3v) is 10.2. The van der Waals surface area contributed by atoms with Crippen LogP contribution in [0.25, 0.3) is 22.0 Å². The molecular weight excluding hydrogens is 654 g/mol. The molecule has 5 heterocycles. The van der Waals surface area contributed by atoms with Gasteiger partial charge in [0, 0.05) is 75.2 Å². The van der Waals surface area contributed by atoms with Crippen molar-refractivity contribution in [3.8, 4) is 11.1 Å². The Morgan fingerprint density at radius 3 is 2.54 bits per heavy atom. The molecule has 2 aromatic carbocycles. The number of ether oxygens (including phenoxy) is 1. The Labute approximate surface area is 304 Å². The van der Waals surface area contributed by atoms with Crippen molar-refractivity contribution >= 4 is 28.6 Å². The lowest BCUT2D eigenvalue weighted by Gasteiger charge is -2.29. The number of aliphatic hydroxyl groups is 1. The predicted molar refractivity (Wildman–Crippen MR) is 201 cm³/mol. The van der Waals surface area contributed by atoms with Crippen LogP contribution in [-0.2, 0) is 37.7 Å². The molecule has 1 atom stereocenters. The van der Waals surface area contributed by atoms with Crippen molar-refractivity contribution < 1.29 is 19.4 Å². The van der Waals surface area contributed by atoms with E-state index in [1.165, 1.54) is 0 Å². The largest absolute Gasteiger partial charge is 0.444 e. The lowest BCUT2D eigenvalue weighted by Crippen LogP contribution is -2.40. The molecular formula is C41H47N7O4. The van der Waals surface area contributed by atoms with Gasteiger partial charge in [0.15, 0.2) is 5.82 Å². The van der Waals surface area contributed by atoms with Crippen molar-refractivity contribution in [2.75, 3.05) is 25.0 Å². The maximum Gasteiger partial charge on any atom is 0.410 e. The minimum Gasteiger partial charge on any atom is -0.444 e. The fourth-order valence-corrected chi connectivity index (χ4v) is 7.40. The van der Waals surface area contributed by atoms with Gasteiger partial charge in [0.05, 0.1) is 29.6 Å². The number of carbonyl (C=O) groups is 2. The summed E-state index contributed by atoms with van der Waals surface area (Å²) in [7, 11) is 1.85. The molecule has 2 N–H and O–H groups in total. The number of fused-ring (bicyclic) bond motifs is 2. The first-order valence-electron chi connectivity index (χ1n) is 18.0. The Morgan fingerprint density at radius 2 is 1.79 bits per heavy atom. The first kappa shape index (κ1) is 35.3. The van der Waals surface area contributed by atoms with E-state index in [1.807, 2.05) is 69.9 Å². The van der Waals surface area contributed by atoms with Crippen LogP contribution >= 0.6 is 0 Å². The maximum atomic E-state index is 13.7. The van der Waals surface area contributed by atoms with E-state index in [0.717, 1.165) is 75.2 Å². The number of carbonyl (C=O) groups excluding carboxylic acids is 2. The van der Waals surface area contributed by atoms with E-state index in [-0.39, 0.29) is 18.1 Å². The highest BCUT2D eigenvalue weighted by Crippen LogP contribution is 2.34. The van der Waals surface area contributed by atoms with Crippen LogP contribution < -0.4 is 5.32 Å². The quantitative estimate of drug-likeness (QED) is 0.201. The van der Waals surface area contributed by atoms with E-state index in [4.69, 9.17) is 14.7 Å². The molecule has 2 aliphatic heterocycles. The molecule has 5 aromatic rings. The molecule has 3 aromatic heterocycles. The number of aliphatic hydroxyl groups excluding tert-OH is 1. The highest BCUT2D eigenvalue weighted by atomic mass is 16.6. The van der Waals surface area contributed by atoms with Crippen LogP contribution in [0.15, 0.2) is 60.9 Å². The Balaban J connectivity index is 1.09. The molecule has 0 unspecified atom stereocenters. The van der Waals surface area contributed by atoms with Gasteiger partial charge in [0.2, 0.25) is 0 Å². The summed E-state index contributed by atoms with van der Waals surface area (Å²) in [5.74, 6) is -0.000620. The summed E-state index contributed by atoms with van der Waals surface area (Å²) in [6.07, 6.45) is 5.20. The number of nitrogens with one attached hydrogen (secondary N) is 1. The monoisotopic (exact) mass is 701 g/mol. The average Bonchev–Trinajstić information content (AvgIpc) is 3.67. The first-order chi connectivity index (χ1) is 24.8. The van der Waals surface area contributed by atoms with Crippen LogP contribution in [0.1, 0.15) is 77.1 Å². The van der Waals surface area contributed by atoms with Crippen molar-refractivity contribution in [1.82, 2.24) is 29.3 Å². The number of hydrogen-bond donors (Lipinski definition) is 2. The van der Waals surface area contributed by atoms with Crippen molar-refractivity contribution in [1.29, 1.82) is 0 Å². The molecule has 270 valence electrons. The number of anilines is 1. The smallest absolute Gasteiger partial charge is 0.410 e. The van der Waals surface area contributed by atoms with Crippen LogP contribution in [0, 0.1) is 13.8 Å². The molecule has 0 radical (unpaired) electrons. The molecule has 0 aliphatic carbocycles. The number of pyridine rings is 2. The SMILES string of the molecule is Cc1c(Cc2nccc3cc(CN4CC[C@@H](O)C4)cnc23)cccc1-c1cccc(NC(=O)c2nc3c(n2C)CCN(C(=O)OC(C)(C)C)C3)c1C. The molecule has 7 rings (SSSR count). The second kappa shape index (κ2) is 14.1. The normalized spacial score (nSPS) is 16.3. The third kappa shape index (κ3) is 7.29. The molecule has 0 bridgehead atoms. The van der Waals surface area contributed by atoms with Gasteiger partial charge >= 0.3 is 6.09 Å². The highest BCUT2D eigenvalue weighted by Gasteiger charge is 2.30.